The molecule has 2 amide bonds. The first-order valence-corrected chi connectivity index (χ1v) is 9.06. The van der Waals surface area contributed by atoms with E-state index in [1.165, 1.54) is 22.5 Å². The lowest BCUT2D eigenvalue weighted by Crippen LogP contribution is -2.32. The van der Waals surface area contributed by atoms with Crippen molar-refractivity contribution in [3.8, 4) is 0 Å². The molecule has 0 spiro atoms. The van der Waals surface area contributed by atoms with Gasteiger partial charge in [0.15, 0.2) is 0 Å². The van der Waals surface area contributed by atoms with Crippen molar-refractivity contribution in [3.05, 3.63) is 18.2 Å². The van der Waals surface area contributed by atoms with Crippen LogP contribution >= 0.6 is 0 Å². The lowest BCUT2D eigenvalue weighted by Gasteiger charge is -2.21. The molecule has 1 aliphatic rings. The van der Waals surface area contributed by atoms with E-state index in [1.807, 2.05) is 13.8 Å². The Morgan fingerprint density at radius 2 is 1.57 bits per heavy atom. The fraction of sp³-hybridized carbons (Fsp3) is 0.467. The summed E-state index contributed by atoms with van der Waals surface area (Å²) in [4.78, 5) is 23.2. The van der Waals surface area contributed by atoms with Gasteiger partial charge in [0.25, 0.3) is 0 Å². The number of nitrogens with one attached hydrogen (secondary N) is 2. The Morgan fingerprint density at radius 3 is 2.13 bits per heavy atom. The number of rotatable bonds is 6. The van der Waals surface area contributed by atoms with E-state index < -0.39 is 21.8 Å². The topological polar surface area (TPSA) is 95.6 Å². The van der Waals surface area contributed by atoms with Crippen LogP contribution in [0.25, 0.3) is 0 Å². The molecular formula is C15H21N3O4S. The van der Waals surface area contributed by atoms with Crippen LogP contribution in [-0.4, -0.2) is 37.6 Å². The number of hydrogen-bond donors (Lipinski definition) is 2. The van der Waals surface area contributed by atoms with Crippen molar-refractivity contribution in [1.29, 1.82) is 0 Å². The van der Waals surface area contributed by atoms with Crippen LogP contribution < -0.4 is 10.6 Å². The smallest absolute Gasteiger partial charge is 0.243 e. The summed E-state index contributed by atoms with van der Waals surface area (Å²) in [6.07, 6.45) is 1.16. The van der Waals surface area contributed by atoms with Gasteiger partial charge in [-0.25, -0.2) is 8.42 Å². The van der Waals surface area contributed by atoms with Gasteiger partial charge in [0.2, 0.25) is 21.8 Å². The second-order valence-corrected chi connectivity index (χ2v) is 7.32. The maximum atomic E-state index is 12.8. The van der Waals surface area contributed by atoms with Crippen LogP contribution in [0.1, 0.15) is 33.1 Å². The standard InChI is InChI=1S/C15H21N3O4S/c1-3-7-18(8-4-2)23(21,22)11-5-6-12-13(9-11)17-15(20)10-14(19)16-12/h5-6,9H,3-4,7-8,10H2,1-2H3,(H,16,19)(H,17,20). The van der Waals surface area contributed by atoms with Gasteiger partial charge in [0.05, 0.1) is 16.3 Å². The zero-order valence-corrected chi connectivity index (χ0v) is 14.1. The lowest BCUT2D eigenvalue weighted by atomic mass is 10.2. The van der Waals surface area contributed by atoms with Crippen molar-refractivity contribution in [2.75, 3.05) is 23.7 Å². The first-order valence-electron chi connectivity index (χ1n) is 7.62. The molecule has 7 nitrogen and oxygen atoms in total. The fourth-order valence-corrected chi connectivity index (χ4v) is 4.08. The third-order valence-corrected chi connectivity index (χ3v) is 5.34. The minimum atomic E-state index is -3.63. The lowest BCUT2D eigenvalue weighted by molar-refractivity contribution is -0.123. The summed E-state index contributed by atoms with van der Waals surface area (Å²) < 4.78 is 26.9. The van der Waals surface area contributed by atoms with Gasteiger partial charge in [-0.3, -0.25) is 9.59 Å². The number of anilines is 2. The summed E-state index contributed by atoms with van der Waals surface area (Å²) >= 11 is 0. The molecule has 0 aliphatic carbocycles. The SMILES string of the molecule is CCCN(CCC)S(=O)(=O)c1ccc2c(c1)NC(=O)CC(=O)N2. The number of hydrogen-bond acceptors (Lipinski definition) is 4. The predicted octanol–water partition coefficient (Wildman–Crippen LogP) is 1.78. The van der Waals surface area contributed by atoms with Gasteiger partial charge in [0, 0.05) is 13.1 Å². The normalized spacial score (nSPS) is 14.9. The second kappa shape index (κ2) is 7.10. The van der Waals surface area contributed by atoms with Gasteiger partial charge in [-0.2, -0.15) is 4.31 Å². The van der Waals surface area contributed by atoms with Crippen LogP contribution in [0.15, 0.2) is 23.1 Å². The van der Waals surface area contributed by atoms with Gasteiger partial charge in [-0.05, 0) is 31.0 Å². The van der Waals surface area contributed by atoms with Crippen molar-refractivity contribution in [2.24, 2.45) is 0 Å². The molecule has 0 fully saturated rings. The largest absolute Gasteiger partial charge is 0.324 e. The summed E-state index contributed by atoms with van der Waals surface area (Å²) in [5.74, 6) is -0.884. The molecule has 0 aromatic heterocycles. The number of carbonyl (C=O) groups excluding carboxylic acids is 2. The Kier molecular flexibility index (Phi) is 5.38. The molecule has 23 heavy (non-hydrogen) atoms. The van der Waals surface area contributed by atoms with Gasteiger partial charge in [0.1, 0.15) is 6.42 Å². The third kappa shape index (κ3) is 3.89. The molecule has 126 valence electrons. The number of fused-ring (bicyclic) bond motifs is 1. The van der Waals surface area contributed by atoms with Crippen LogP contribution in [0.2, 0.25) is 0 Å². The molecule has 0 saturated carbocycles. The molecular weight excluding hydrogens is 318 g/mol. The van der Waals surface area contributed by atoms with Crippen molar-refractivity contribution < 1.29 is 18.0 Å². The molecule has 2 N–H and O–H groups in total. The van der Waals surface area contributed by atoms with Gasteiger partial charge >= 0.3 is 0 Å². The zero-order chi connectivity index (χ0) is 17.0. The molecule has 1 aliphatic heterocycles. The maximum absolute atomic E-state index is 12.8. The third-order valence-electron chi connectivity index (χ3n) is 3.44. The highest BCUT2D eigenvalue weighted by Crippen LogP contribution is 2.29. The minimum absolute atomic E-state index is 0.106. The molecule has 8 heteroatoms. The monoisotopic (exact) mass is 339 g/mol. The van der Waals surface area contributed by atoms with Crippen molar-refractivity contribution in [3.63, 3.8) is 0 Å². The van der Waals surface area contributed by atoms with E-state index in [1.54, 1.807) is 0 Å². The van der Waals surface area contributed by atoms with Crippen LogP contribution in [0.3, 0.4) is 0 Å². The Morgan fingerprint density at radius 1 is 1.00 bits per heavy atom. The molecule has 1 aromatic carbocycles. The summed E-state index contributed by atoms with van der Waals surface area (Å²) in [6, 6.07) is 4.35. The average molecular weight is 339 g/mol. The van der Waals surface area contributed by atoms with Crippen molar-refractivity contribution in [1.82, 2.24) is 4.31 Å². The number of benzene rings is 1. The van der Waals surface area contributed by atoms with Crippen LogP contribution in [0, 0.1) is 0 Å². The minimum Gasteiger partial charge on any atom is -0.324 e. The predicted molar refractivity (Wildman–Crippen MR) is 87.7 cm³/mol. The number of nitrogens with zero attached hydrogens (tertiary/aromatic N) is 1. The van der Waals surface area contributed by atoms with E-state index >= 15 is 0 Å². The number of carbonyl (C=O) groups is 2. The second-order valence-electron chi connectivity index (χ2n) is 5.38. The number of sulfonamides is 1. The van der Waals surface area contributed by atoms with Gasteiger partial charge < -0.3 is 10.6 Å². The maximum Gasteiger partial charge on any atom is 0.243 e. The van der Waals surface area contributed by atoms with Crippen LogP contribution in [0.4, 0.5) is 11.4 Å². The Bertz CT molecular complexity index is 709. The average Bonchev–Trinajstić information content (AvgIpc) is 2.62. The Labute approximate surface area is 136 Å². The van der Waals surface area contributed by atoms with E-state index in [0.717, 1.165) is 12.8 Å². The van der Waals surface area contributed by atoms with Gasteiger partial charge in [-0.15, -0.1) is 0 Å². The summed E-state index contributed by atoms with van der Waals surface area (Å²) in [5.41, 5.74) is 0.701. The quantitative estimate of drug-likeness (QED) is 0.772. The Balaban J connectivity index is 2.40. The fourth-order valence-electron chi connectivity index (χ4n) is 2.43. The number of amides is 2. The molecule has 0 saturated heterocycles. The highest BCUT2D eigenvalue weighted by Gasteiger charge is 2.25. The van der Waals surface area contributed by atoms with E-state index in [2.05, 4.69) is 10.6 Å². The van der Waals surface area contributed by atoms with E-state index in [9.17, 15) is 18.0 Å². The van der Waals surface area contributed by atoms with E-state index in [-0.39, 0.29) is 11.3 Å². The molecule has 0 bridgehead atoms. The molecule has 0 unspecified atom stereocenters. The molecule has 1 aromatic rings. The van der Waals surface area contributed by atoms with Crippen LogP contribution in [0.5, 0.6) is 0 Å². The highest BCUT2D eigenvalue weighted by atomic mass is 32.2. The van der Waals surface area contributed by atoms with Gasteiger partial charge in [-0.1, -0.05) is 13.8 Å². The first kappa shape index (κ1) is 17.4. The summed E-state index contributed by atoms with van der Waals surface area (Å²) in [7, 11) is -3.63. The summed E-state index contributed by atoms with van der Waals surface area (Å²) in [5, 5.41) is 5.14. The van der Waals surface area contributed by atoms with Crippen LogP contribution in [-0.2, 0) is 19.6 Å². The molecule has 1 heterocycles. The van der Waals surface area contributed by atoms with E-state index in [0.29, 0.717) is 24.5 Å². The van der Waals surface area contributed by atoms with E-state index in [4.69, 9.17) is 0 Å². The molecule has 0 radical (unpaired) electrons. The van der Waals surface area contributed by atoms with Crippen molar-refractivity contribution in [2.45, 2.75) is 38.0 Å². The highest BCUT2D eigenvalue weighted by molar-refractivity contribution is 7.89. The molecule has 2 rings (SSSR count). The summed E-state index contributed by atoms with van der Waals surface area (Å²) in [6.45, 7) is 4.72. The first-order chi connectivity index (χ1) is 10.9. The van der Waals surface area contributed by atoms with Crippen molar-refractivity contribution >= 4 is 33.2 Å². The Hall–Kier alpha value is -1.93. The molecule has 0 atom stereocenters. The zero-order valence-electron chi connectivity index (χ0n) is 13.3.